The molecule has 0 amide bonds. The van der Waals surface area contributed by atoms with Crippen LogP contribution in [0.25, 0.3) is 11.6 Å². The fourth-order valence-corrected chi connectivity index (χ4v) is 6.50. The van der Waals surface area contributed by atoms with E-state index in [0.717, 1.165) is 11.3 Å². The summed E-state index contributed by atoms with van der Waals surface area (Å²) in [6.45, 7) is 7.55. The number of aromatic nitrogens is 5. The molecule has 5 rings (SSSR count). The van der Waals surface area contributed by atoms with Crippen molar-refractivity contribution in [1.29, 1.82) is 0 Å². The van der Waals surface area contributed by atoms with E-state index in [9.17, 15) is 12.8 Å². The molecule has 1 fully saturated rings. The highest BCUT2D eigenvalue weighted by atomic mass is 32.2. The number of piperazine rings is 1. The minimum absolute atomic E-state index is 0.111. The van der Waals surface area contributed by atoms with E-state index in [1.807, 2.05) is 25.7 Å². The second-order valence-electron chi connectivity index (χ2n) is 9.86. The van der Waals surface area contributed by atoms with Crippen molar-refractivity contribution in [3.8, 4) is 11.6 Å². The summed E-state index contributed by atoms with van der Waals surface area (Å²) < 4.78 is 40.7. The number of nitrogens with zero attached hydrogens (tertiary/aromatic N) is 8. The monoisotopic (exact) mass is 512 g/mol. The van der Waals surface area contributed by atoms with Gasteiger partial charge in [-0.05, 0) is 26.8 Å². The Morgan fingerprint density at radius 2 is 1.72 bits per heavy atom. The molecule has 1 saturated heterocycles. The smallest absolute Gasteiger partial charge is 0.211 e. The van der Waals surface area contributed by atoms with E-state index in [4.69, 9.17) is 9.97 Å². The Kier molecular flexibility index (Phi) is 6.11. The molecule has 10 nitrogen and oxygen atoms in total. The summed E-state index contributed by atoms with van der Waals surface area (Å²) in [5.41, 5.74) is 1.23. The fraction of sp³-hybridized carbons (Fsp3) is 0.458. The number of rotatable bonds is 4. The van der Waals surface area contributed by atoms with Crippen LogP contribution in [0.5, 0.6) is 0 Å². The van der Waals surface area contributed by atoms with E-state index in [0.29, 0.717) is 55.9 Å². The molecule has 190 valence electrons. The predicted octanol–water partition coefficient (Wildman–Crippen LogP) is 2.45. The molecular weight excluding hydrogens is 483 g/mol. The van der Waals surface area contributed by atoms with Crippen molar-refractivity contribution in [2.75, 3.05) is 42.2 Å². The van der Waals surface area contributed by atoms with Gasteiger partial charge in [0.15, 0.2) is 11.6 Å². The van der Waals surface area contributed by atoms with Gasteiger partial charge in [-0.2, -0.15) is 4.31 Å². The van der Waals surface area contributed by atoms with Gasteiger partial charge in [0.25, 0.3) is 0 Å². The van der Waals surface area contributed by atoms with Crippen molar-refractivity contribution in [3.05, 3.63) is 53.9 Å². The third-order valence-electron chi connectivity index (χ3n) is 6.78. The number of fused-ring (bicyclic) bond motifs is 1. The van der Waals surface area contributed by atoms with E-state index in [1.165, 1.54) is 22.7 Å². The lowest BCUT2D eigenvalue weighted by atomic mass is 9.99. The van der Waals surface area contributed by atoms with E-state index in [1.54, 1.807) is 24.7 Å². The zero-order chi connectivity index (χ0) is 25.7. The van der Waals surface area contributed by atoms with E-state index >= 15 is 0 Å². The maximum Gasteiger partial charge on any atom is 0.211 e. The molecule has 1 unspecified atom stereocenters. The topological polar surface area (TPSA) is 108 Å². The van der Waals surface area contributed by atoms with Crippen LogP contribution in [0.2, 0.25) is 0 Å². The van der Waals surface area contributed by atoms with Crippen molar-refractivity contribution < 1.29 is 12.8 Å². The van der Waals surface area contributed by atoms with Gasteiger partial charge >= 0.3 is 0 Å². The van der Waals surface area contributed by atoms with Gasteiger partial charge in [0.05, 0.1) is 18.0 Å². The molecule has 0 saturated carbocycles. The van der Waals surface area contributed by atoms with E-state index in [2.05, 4.69) is 19.9 Å². The van der Waals surface area contributed by atoms with Crippen LogP contribution in [0.3, 0.4) is 0 Å². The molecule has 0 bridgehead atoms. The molecule has 0 radical (unpaired) electrons. The third-order valence-corrected chi connectivity index (χ3v) is 8.26. The molecule has 2 aliphatic rings. The molecule has 3 aromatic heterocycles. The Morgan fingerprint density at radius 1 is 1.00 bits per heavy atom. The molecule has 0 aromatic carbocycles. The quantitative estimate of drug-likeness (QED) is 0.521. The molecule has 36 heavy (non-hydrogen) atoms. The van der Waals surface area contributed by atoms with Crippen LogP contribution < -0.4 is 9.80 Å². The normalized spacial score (nSPS) is 20.3. The number of hydrogen-bond donors (Lipinski definition) is 0. The Bertz CT molecular complexity index is 1390. The van der Waals surface area contributed by atoms with E-state index in [-0.39, 0.29) is 11.9 Å². The van der Waals surface area contributed by atoms with Gasteiger partial charge in [-0.3, -0.25) is 0 Å². The minimum Gasteiger partial charge on any atom is -0.353 e. The van der Waals surface area contributed by atoms with Crippen molar-refractivity contribution in [1.82, 2.24) is 29.2 Å². The predicted molar refractivity (Wildman–Crippen MR) is 135 cm³/mol. The molecule has 1 atom stereocenters. The largest absolute Gasteiger partial charge is 0.353 e. The van der Waals surface area contributed by atoms with Crippen LogP contribution in [0.4, 0.5) is 16.0 Å². The van der Waals surface area contributed by atoms with E-state index < -0.39 is 15.6 Å². The minimum atomic E-state index is -3.34. The maximum absolute atomic E-state index is 14.8. The summed E-state index contributed by atoms with van der Waals surface area (Å²) in [7, 11) is -3.34. The molecule has 3 aromatic rings. The molecule has 5 heterocycles. The van der Waals surface area contributed by atoms with Gasteiger partial charge in [-0.1, -0.05) is 0 Å². The van der Waals surface area contributed by atoms with Gasteiger partial charge in [0, 0.05) is 74.4 Å². The summed E-state index contributed by atoms with van der Waals surface area (Å²) in [5, 5.41) is 0. The van der Waals surface area contributed by atoms with Gasteiger partial charge < -0.3 is 9.80 Å². The highest BCUT2D eigenvalue weighted by Gasteiger charge is 2.39. The first-order valence-electron chi connectivity index (χ1n) is 11.8. The second-order valence-corrected chi connectivity index (χ2v) is 11.8. The molecular formula is C24H29FN8O2S. The van der Waals surface area contributed by atoms with Crippen LogP contribution in [0.1, 0.15) is 38.1 Å². The van der Waals surface area contributed by atoms with Crippen LogP contribution >= 0.6 is 0 Å². The summed E-state index contributed by atoms with van der Waals surface area (Å²) >= 11 is 0. The SMILES string of the molecule is CC1c2cnc(-c3ncccn3)nc2CCN1c1cc(F)cc(N2CCN(S(C)(=O)=O)C(C)(C)C2)n1. The molecule has 2 aliphatic heterocycles. The Hall–Kier alpha value is -3.25. The van der Waals surface area contributed by atoms with Gasteiger partial charge in [0.2, 0.25) is 10.0 Å². The van der Waals surface area contributed by atoms with Gasteiger partial charge in [0.1, 0.15) is 17.5 Å². The summed E-state index contributed by atoms with van der Waals surface area (Å²) in [6, 6.07) is 4.48. The van der Waals surface area contributed by atoms with Crippen LogP contribution in [-0.2, 0) is 16.4 Å². The summed E-state index contributed by atoms with van der Waals surface area (Å²) in [6.07, 6.45) is 6.97. The third kappa shape index (κ3) is 4.62. The van der Waals surface area contributed by atoms with Crippen LogP contribution in [0, 0.1) is 5.82 Å². The number of halogens is 1. The lowest BCUT2D eigenvalue weighted by Crippen LogP contribution is -2.61. The molecule has 0 aliphatic carbocycles. The first-order valence-corrected chi connectivity index (χ1v) is 13.7. The second kappa shape index (κ2) is 9.00. The average molecular weight is 513 g/mol. The lowest BCUT2D eigenvalue weighted by Gasteiger charge is -2.46. The number of hydrogen-bond acceptors (Lipinski definition) is 9. The van der Waals surface area contributed by atoms with Crippen molar-refractivity contribution in [3.63, 3.8) is 0 Å². The van der Waals surface area contributed by atoms with Crippen LogP contribution in [-0.4, -0.2) is 75.6 Å². The van der Waals surface area contributed by atoms with Gasteiger partial charge in [-0.15, -0.1) is 0 Å². The van der Waals surface area contributed by atoms with Crippen molar-refractivity contribution in [2.24, 2.45) is 0 Å². The Balaban J connectivity index is 1.40. The maximum atomic E-state index is 14.8. The van der Waals surface area contributed by atoms with Crippen LogP contribution in [0.15, 0.2) is 36.8 Å². The number of anilines is 2. The first-order chi connectivity index (χ1) is 17.0. The highest BCUT2D eigenvalue weighted by molar-refractivity contribution is 7.88. The highest BCUT2D eigenvalue weighted by Crippen LogP contribution is 2.34. The Morgan fingerprint density at radius 3 is 2.42 bits per heavy atom. The lowest BCUT2D eigenvalue weighted by molar-refractivity contribution is 0.206. The summed E-state index contributed by atoms with van der Waals surface area (Å²) in [5.74, 6) is 1.60. The zero-order valence-corrected chi connectivity index (χ0v) is 21.6. The Labute approximate surface area is 210 Å². The zero-order valence-electron chi connectivity index (χ0n) is 20.8. The van der Waals surface area contributed by atoms with Crippen molar-refractivity contribution in [2.45, 2.75) is 38.8 Å². The van der Waals surface area contributed by atoms with Crippen molar-refractivity contribution >= 4 is 21.7 Å². The standard InChI is InChI=1S/C24H29FN8O2S/c1-16-18-14-28-23(22-26-7-5-8-27-22)29-19(18)6-9-32(16)21-13-17(25)12-20(30-21)31-10-11-33(36(4,34)35)24(2,3)15-31/h5,7-8,12-14,16H,6,9-11,15H2,1-4H3. The molecule has 12 heteroatoms. The fourth-order valence-electron chi connectivity index (χ4n) is 5.13. The summed E-state index contributed by atoms with van der Waals surface area (Å²) in [4.78, 5) is 26.4. The number of sulfonamides is 1. The number of pyridine rings is 1. The van der Waals surface area contributed by atoms with Gasteiger partial charge in [-0.25, -0.2) is 37.7 Å². The average Bonchev–Trinajstić information content (AvgIpc) is 2.82. The molecule has 0 spiro atoms. The molecule has 0 N–H and O–H groups in total. The first kappa shape index (κ1) is 24.4.